The van der Waals surface area contributed by atoms with E-state index in [0.29, 0.717) is 19.3 Å². The van der Waals surface area contributed by atoms with E-state index in [1.165, 1.54) is 38.5 Å². The molecule has 0 spiro atoms. The number of carbonyl (C=O) groups is 4. The Kier molecular flexibility index (Phi) is 44.4. The van der Waals surface area contributed by atoms with Gasteiger partial charge in [-0.15, -0.1) is 0 Å². The summed E-state index contributed by atoms with van der Waals surface area (Å²) in [5.41, 5.74) is 0. The summed E-state index contributed by atoms with van der Waals surface area (Å²) in [6.07, 6.45) is 51.2. The molecule has 1 fully saturated rings. The first-order chi connectivity index (χ1) is 35.6. The minimum Gasteiger partial charge on any atom is -0.479 e. The number of unbranched alkanes of at least 4 members (excludes halogenated alkanes) is 17. The second kappa shape index (κ2) is 48.6. The van der Waals surface area contributed by atoms with Crippen LogP contribution in [0.2, 0.25) is 0 Å². The number of hydrogen-bond acceptors (Lipinski definition) is 11. The number of carboxylic acids is 1. The minimum absolute atomic E-state index is 0.130. The van der Waals surface area contributed by atoms with Gasteiger partial charge in [0, 0.05) is 12.8 Å². The fourth-order valence-corrected chi connectivity index (χ4v) is 7.83. The van der Waals surface area contributed by atoms with E-state index in [1.54, 1.807) is 12.2 Å². The first-order valence-electron chi connectivity index (χ1n) is 28.2. The molecule has 12 heteroatoms. The number of aliphatic hydroxyl groups excluding tert-OH is 2. The van der Waals surface area contributed by atoms with Crippen molar-refractivity contribution in [2.45, 2.75) is 250 Å². The molecule has 0 aromatic heterocycles. The van der Waals surface area contributed by atoms with E-state index >= 15 is 0 Å². The lowest BCUT2D eigenvalue weighted by Gasteiger charge is -2.40. The number of carboxylic acid groups (broad SMARTS) is 1. The summed E-state index contributed by atoms with van der Waals surface area (Å²) in [6.45, 7) is 5.73. The highest BCUT2D eigenvalue weighted by Crippen LogP contribution is 2.26. The molecular weight excluding hydrogens is 925 g/mol. The Morgan fingerprint density at radius 1 is 0.479 bits per heavy atom. The summed E-state index contributed by atoms with van der Waals surface area (Å²) in [7, 11) is 0. The fraction of sp³-hybridized carbons (Fsp3) is 0.672. The molecule has 0 saturated carbocycles. The van der Waals surface area contributed by atoms with Crippen molar-refractivity contribution in [2.75, 3.05) is 13.2 Å². The Morgan fingerprint density at radius 3 is 1.45 bits per heavy atom. The zero-order valence-electron chi connectivity index (χ0n) is 45.3. The van der Waals surface area contributed by atoms with Crippen LogP contribution in [0.5, 0.6) is 0 Å². The van der Waals surface area contributed by atoms with E-state index in [1.807, 2.05) is 12.2 Å². The zero-order chi connectivity index (χ0) is 53.3. The van der Waals surface area contributed by atoms with Gasteiger partial charge < -0.3 is 39.0 Å². The monoisotopic (exact) mass is 1020 g/mol. The third-order valence-electron chi connectivity index (χ3n) is 12.1. The second-order valence-corrected chi connectivity index (χ2v) is 18.8. The topological polar surface area (TPSA) is 175 Å². The summed E-state index contributed by atoms with van der Waals surface area (Å²) in [5, 5.41) is 31.4. The molecule has 0 amide bonds. The number of aliphatic carboxylic acids is 1. The highest BCUT2D eigenvalue weighted by Gasteiger charge is 2.50. The van der Waals surface area contributed by atoms with Gasteiger partial charge in [-0.3, -0.25) is 14.4 Å². The molecule has 0 aromatic carbocycles. The summed E-state index contributed by atoms with van der Waals surface area (Å²) in [5.74, 6) is -3.32. The molecule has 0 radical (unpaired) electrons. The molecule has 414 valence electrons. The molecule has 0 aliphatic carbocycles. The van der Waals surface area contributed by atoms with Crippen LogP contribution in [0.4, 0.5) is 0 Å². The number of ether oxygens (including phenoxy) is 5. The number of aliphatic hydroxyl groups is 2. The Hall–Kier alpha value is -4.36. The molecule has 1 aliphatic rings. The van der Waals surface area contributed by atoms with Crippen molar-refractivity contribution in [3.05, 3.63) is 97.2 Å². The minimum atomic E-state index is -1.94. The first kappa shape index (κ1) is 66.7. The maximum Gasteiger partial charge on any atom is 0.335 e. The van der Waals surface area contributed by atoms with Gasteiger partial charge in [-0.1, -0.05) is 195 Å². The molecule has 0 aromatic rings. The summed E-state index contributed by atoms with van der Waals surface area (Å²) in [4.78, 5) is 50.9. The largest absolute Gasteiger partial charge is 0.479 e. The number of esters is 3. The maximum absolute atomic E-state index is 13.1. The van der Waals surface area contributed by atoms with E-state index in [-0.39, 0.29) is 25.9 Å². The third-order valence-corrected chi connectivity index (χ3v) is 12.1. The van der Waals surface area contributed by atoms with Crippen LogP contribution < -0.4 is 0 Å². The predicted molar refractivity (Wildman–Crippen MR) is 294 cm³/mol. The Morgan fingerprint density at radius 2 is 0.932 bits per heavy atom. The van der Waals surface area contributed by atoms with Crippen molar-refractivity contribution in [3.8, 4) is 0 Å². The van der Waals surface area contributed by atoms with Crippen LogP contribution in [0.15, 0.2) is 97.2 Å². The lowest BCUT2D eigenvalue weighted by molar-refractivity contribution is -0.301. The molecular formula is C61H98O12. The van der Waals surface area contributed by atoms with Crippen LogP contribution in [-0.4, -0.2) is 89.2 Å². The van der Waals surface area contributed by atoms with E-state index in [9.17, 15) is 34.5 Å². The first-order valence-corrected chi connectivity index (χ1v) is 28.2. The van der Waals surface area contributed by atoms with Crippen molar-refractivity contribution in [1.82, 2.24) is 0 Å². The fourth-order valence-electron chi connectivity index (χ4n) is 7.83. The highest BCUT2D eigenvalue weighted by molar-refractivity contribution is 5.74. The van der Waals surface area contributed by atoms with Crippen LogP contribution in [0.3, 0.4) is 0 Å². The number of carbonyl (C=O) groups excluding carboxylic acids is 3. The highest BCUT2D eigenvalue weighted by atomic mass is 16.7. The molecule has 6 unspecified atom stereocenters. The number of rotatable bonds is 46. The summed E-state index contributed by atoms with van der Waals surface area (Å²) < 4.78 is 28.2. The molecule has 1 heterocycles. The lowest BCUT2D eigenvalue weighted by atomic mass is 9.98. The number of hydrogen-bond donors (Lipinski definition) is 3. The number of allylic oxidation sites excluding steroid dienone is 15. The molecule has 12 nitrogen and oxygen atoms in total. The van der Waals surface area contributed by atoms with E-state index in [4.69, 9.17) is 23.7 Å². The van der Waals surface area contributed by atoms with Crippen LogP contribution >= 0.6 is 0 Å². The molecule has 73 heavy (non-hydrogen) atoms. The van der Waals surface area contributed by atoms with Gasteiger partial charge in [0.1, 0.15) is 18.8 Å². The van der Waals surface area contributed by atoms with Gasteiger partial charge in [0.25, 0.3) is 0 Å². The second-order valence-electron chi connectivity index (χ2n) is 18.8. The normalized spacial score (nSPS) is 19.1. The van der Waals surface area contributed by atoms with E-state index in [0.717, 1.165) is 116 Å². The zero-order valence-corrected chi connectivity index (χ0v) is 45.3. The quantitative estimate of drug-likeness (QED) is 0.0228. The van der Waals surface area contributed by atoms with Gasteiger partial charge in [-0.05, 0) is 96.3 Å². The molecule has 3 N–H and O–H groups in total. The van der Waals surface area contributed by atoms with Gasteiger partial charge in [-0.2, -0.15) is 0 Å². The van der Waals surface area contributed by atoms with Crippen LogP contribution in [0.25, 0.3) is 0 Å². The predicted octanol–water partition coefficient (Wildman–Crippen LogP) is 14.1. The summed E-state index contributed by atoms with van der Waals surface area (Å²) >= 11 is 0. The van der Waals surface area contributed by atoms with Crippen molar-refractivity contribution in [3.63, 3.8) is 0 Å². The standard InChI is InChI=1S/C61H98O12/c1-4-7-10-13-16-19-22-25-27-30-32-35-38-41-44-47-53(62)69-50-52(71-54(63)48-45-42-39-36-33-29-24-21-18-15-12-9-6-3)51-70-61-59(57(66)56(65)58(73-61)60(67)68)72-55(64)49-46-43-40-37-34-31-28-26-23-20-17-14-11-8-5-2/h8,11-12,15,17,20-21,24-28,34,37,43,46,52,56-59,61,65-66H,4-7,9-10,13-14,16,18-19,22-23,29-33,35-36,38-42,44-45,47-51H2,1-3H3,(H,67,68)/b11-8-,15-12-,20-17-,24-21-,27-25-,28-26-,37-34-,46-43-. The van der Waals surface area contributed by atoms with Crippen molar-refractivity contribution >= 4 is 23.9 Å². The summed E-state index contributed by atoms with van der Waals surface area (Å²) in [6, 6.07) is 0. The van der Waals surface area contributed by atoms with Gasteiger partial charge in [0.05, 0.1) is 13.0 Å². The molecule has 6 atom stereocenters. The SMILES string of the molecule is CC/C=C\C/C=C\C/C=C\C/C=C\C/C=C\CC(=O)OC1C(OCC(COC(=O)CCCCCCC/C=C\CCCCCCCC)OC(=O)CCCCCCC/C=C\C/C=C\CCC)OC(C(=O)O)C(O)C1O. The van der Waals surface area contributed by atoms with Crippen LogP contribution in [0, 0.1) is 0 Å². The van der Waals surface area contributed by atoms with Gasteiger partial charge >= 0.3 is 23.9 Å². The maximum atomic E-state index is 13.1. The van der Waals surface area contributed by atoms with Crippen molar-refractivity contribution in [2.24, 2.45) is 0 Å². The lowest BCUT2D eigenvalue weighted by Crippen LogP contribution is -2.61. The van der Waals surface area contributed by atoms with E-state index < -0.39 is 67.3 Å². The third kappa shape index (κ3) is 38.8. The smallest absolute Gasteiger partial charge is 0.335 e. The Labute approximate surface area is 441 Å². The van der Waals surface area contributed by atoms with Crippen LogP contribution in [0.1, 0.15) is 213 Å². The Balaban J connectivity index is 2.78. The van der Waals surface area contributed by atoms with Crippen molar-refractivity contribution in [1.29, 1.82) is 0 Å². The average molecular weight is 1020 g/mol. The van der Waals surface area contributed by atoms with Crippen LogP contribution in [-0.2, 0) is 42.9 Å². The molecule has 1 aliphatic heterocycles. The molecule has 1 rings (SSSR count). The van der Waals surface area contributed by atoms with Gasteiger partial charge in [0.15, 0.2) is 24.6 Å². The Bertz CT molecular complexity index is 1640. The van der Waals surface area contributed by atoms with E-state index in [2.05, 4.69) is 93.7 Å². The average Bonchev–Trinajstić information content (AvgIpc) is 3.37. The van der Waals surface area contributed by atoms with Crippen molar-refractivity contribution < 1.29 is 58.2 Å². The van der Waals surface area contributed by atoms with Gasteiger partial charge in [0.2, 0.25) is 0 Å². The molecule has 1 saturated heterocycles. The molecule has 0 bridgehead atoms. The van der Waals surface area contributed by atoms with Gasteiger partial charge in [-0.25, -0.2) is 4.79 Å².